The van der Waals surface area contributed by atoms with E-state index < -0.39 is 5.97 Å². The molecule has 0 aromatic carbocycles. The maximum atomic E-state index is 11.3. The van der Waals surface area contributed by atoms with Gasteiger partial charge in [0.2, 0.25) is 0 Å². The van der Waals surface area contributed by atoms with Gasteiger partial charge in [-0.15, -0.1) is 0 Å². The second kappa shape index (κ2) is 9.99. The van der Waals surface area contributed by atoms with Crippen molar-refractivity contribution in [2.75, 3.05) is 26.4 Å². The van der Waals surface area contributed by atoms with Crippen molar-refractivity contribution >= 4 is 5.97 Å². The molecule has 0 amide bonds. The Morgan fingerprint density at radius 2 is 2.06 bits per heavy atom. The third-order valence-corrected chi connectivity index (χ3v) is 1.58. The van der Waals surface area contributed by atoms with Crippen molar-refractivity contribution < 1.29 is 19.0 Å². The Morgan fingerprint density at radius 1 is 1.31 bits per heavy atom. The Kier molecular flexibility index (Phi) is 9.03. The number of rotatable bonds is 8. The van der Waals surface area contributed by atoms with Gasteiger partial charge >= 0.3 is 5.97 Å². The molecule has 0 bridgehead atoms. The van der Waals surface area contributed by atoms with Crippen LogP contribution in [0.15, 0.2) is 11.8 Å². The first-order valence-electron chi connectivity index (χ1n) is 5.23. The van der Waals surface area contributed by atoms with Crippen molar-refractivity contribution in [3.8, 4) is 6.07 Å². The largest absolute Gasteiger partial charge is 0.500 e. The number of esters is 1. The van der Waals surface area contributed by atoms with Crippen molar-refractivity contribution in [2.24, 2.45) is 0 Å². The summed E-state index contributed by atoms with van der Waals surface area (Å²) in [5, 5.41) is 8.64. The lowest BCUT2D eigenvalue weighted by molar-refractivity contribution is -0.139. The molecule has 0 aromatic heterocycles. The van der Waals surface area contributed by atoms with Gasteiger partial charge in [-0.2, -0.15) is 5.26 Å². The molecule has 0 N–H and O–H groups in total. The number of carbonyl (C=O) groups is 1. The quantitative estimate of drug-likeness (QED) is 0.206. The third kappa shape index (κ3) is 6.85. The summed E-state index contributed by atoms with van der Waals surface area (Å²) in [6.45, 7) is 5.48. The molecule has 5 nitrogen and oxygen atoms in total. The summed E-state index contributed by atoms with van der Waals surface area (Å²) in [5.74, 6) is -0.660. The fraction of sp³-hybridized carbons (Fsp3) is 0.636. The lowest BCUT2D eigenvalue weighted by Gasteiger charge is -2.03. The lowest BCUT2D eigenvalue weighted by Crippen LogP contribution is -2.10. The van der Waals surface area contributed by atoms with Crippen LogP contribution in [0.1, 0.15) is 20.3 Å². The minimum Gasteiger partial charge on any atom is -0.500 e. The lowest BCUT2D eigenvalue weighted by atomic mass is 10.3. The number of hydrogen-bond donors (Lipinski definition) is 0. The van der Waals surface area contributed by atoms with Crippen LogP contribution in [0.5, 0.6) is 0 Å². The fourth-order valence-electron chi connectivity index (χ4n) is 0.835. The molecule has 0 spiro atoms. The van der Waals surface area contributed by atoms with Crippen LogP contribution in [-0.4, -0.2) is 32.4 Å². The van der Waals surface area contributed by atoms with Crippen molar-refractivity contribution in [1.29, 1.82) is 5.26 Å². The van der Waals surface area contributed by atoms with E-state index in [0.717, 1.165) is 6.26 Å². The van der Waals surface area contributed by atoms with E-state index in [2.05, 4.69) is 0 Å². The number of ether oxygens (including phenoxy) is 3. The van der Waals surface area contributed by atoms with Gasteiger partial charge in [0.25, 0.3) is 0 Å². The summed E-state index contributed by atoms with van der Waals surface area (Å²) in [7, 11) is 0. The normalized spacial score (nSPS) is 10.7. The predicted molar refractivity (Wildman–Crippen MR) is 57.4 cm³/mol. The van der Waals surface area contributed by atoms with Gasteiger partial charge in [0, 0.05) is 19.6 Å². The molecule has 0 saturated heterocycles. The van der Waals surface area contributed by atoms with Gasteiger partial charge < -0.3 is 14.2 Å². The molecule has 5 heteroatoms. The molecule has 0 heterocycles. The number of carbonyl (C=O) groups excluding carboxylic acids is 1. The van der Waals surface area contributed by atoms with E-state index >= 15 is 0 Å². The monoisotopic (exact) mass is 227 g/mol. The highest BCUT2D eigenvalue weighted by Gasteiger charge is 2.10. The molecule has 0 atom stereocenters. The van der Waals surface area contributed by atoms with E-state index in [1.165, 1.54) is 0 Å². The Morgan fingerprint density at radius 3 is 2.62 bits per heavy atom. The molecule has 0 aromatic rings. The van der Waals surface area contributed by atoms with Crippen molar-refractivity contribution in [3.05, 3.63) is 11.8 Å². The van der Waals surface area contributed by atoms with Crippen LogP contribution in [-0.2, 0) is 19.0 Å². The zero-order valence-electron chi connectivity index (χ0n) is 9.69. The summed E-state index contributed by atoms with van der Waals surface area (Å²) in [6, 6.07) is 1.72. The van der Waals surface area contributed by atoms with Crippen LogP contribution in [0, 0.1) is 11.3 Å². The molecule has 0 saturated carbocycles. The first kappa shape index (κ1) is 14.5. The molecule has 16 heavy (non-hydrogen) atoms. The van der Waals surface area contributed by atoms with Crippen LogP contribution in [0.2, 0.25) is 0 Å². The zero-order chi connectivity index (χ0) is 12.2. The molecule has 0 aliphatic heterocycles. The van der Waals surface area contributed by atoms with E-state index in [0.29, 0.717) is 26.2 Å². The average molecular weight is 227 g/mol. The van der Waals surface area contributed by atoms with E-state index in [1.807, 2.05) is 6.92 Å². The maximum Gasteiger partial charge on any atom is 0.352 e. The molecular formula is C11H17NO4. The fourth-order valence-corrected chi connectivity index (χ4v) is 0.835. The number of nitriles is 1. The standard InChI is InChI=1S/C11H17NO4/c1-3-14-6-5-7-16-11(13)10(8-12)9-15-4-2/h9H,3-7H2,1-2H3. The minimum atomic E-state index is -0.660. The molecular weight excluding hydrogens is 210 g/mol. The Balaban J connectivity index is 3.81. The van der Waals surface area contributed by atoms with Gasteiger partial charge in [-0.3, -0.25) is 0 Å². The van der Waals surface area contributed by atoms with Crippen molar-refractivity contribution in [2.45, 2.75) is 20.3 Å². The highest BCUT2D eigenvalue weighted by molar-refractivity contribution is 5.92. The summed E-state index contributed by atoms with van der Waals surface area (Å²) < 4.78 is 14.8. The average Bonchev–Trinajstić information content (AvgIpc) is 2.30. The van der Waals surface area contributed by atoms with E-state index in [4.69, 9.17) is 19.5 Å². The molecule has 0 unspecified atom stereocenters. The van der Waals surface area contributed by atoms with Gasteiger partial charge in [-0.25, -0.2) is 4.79 Å². The van der Waals surface area contributed by atoms with Gasteiger partial charge in [0.1, 0.15) is 12.3 Å². The number of hydrogen-bond acceptors (Lipinski definition) is 5. The van der Waals surface area contributed by atoms with Gasteiger partial charge in [-0.1, -0.05) is 0 Å². The smallest absolute Gasteiger partial charge is 0.352 e. The molecule has 0 fully saturated rings. The van der Waals surface area contributed by atoms with Crippen molar-refractivity contribution in [1.82, 2.24) is 0 Å². The van der Waals surface area contributed by atoms with Gasteiger partial charge in [-0.05, 0) is 13.8 Å². The molecule has 0 aliphatic carbocycles. The van der Waals surface area contributed by atoms with Crippen LogP contribution in [0.3, 0.4) is 0 Å². The van der Waals surface area contributed by atoms with E-state index in [9.17, 15) is 4.79 Å². The maximum absolute atomic E-state index is 11.3. The molecule has 0 aliphatic rings. The summed E-state index contributed by atoms with van der Waals surface area (Å²) in [4.78, 5) is 11.3. The summed E-state index contributed by atoms with van der Waals surface area (Å²) in [5.41, 5.74) is -0.127. The minimum absolute atomic E-state index is 0.127. The zero-order valence-corrected chi connectivity index (χ0v) is 9.69. The third-order valence-electron chi connectivity index (χ3n) is 1.58. The van der Waals surface area contributed by atoms with Gasteiger partial charge in [0.05, 0.1) is 13.2 Å². The predicted octanol–water partition coefficient (Wildman–Crippen LogP) is 1.40. The SMILES string of the molecule is CCOC=C(C#N)C(=O)OCCCOCC. The van der Waals surface area contributed by atoms with Crippen LogP contribution < -0.4 is 0 Å². The Labute approximate surface area is 95.6 Å². The first-order chi connectivity index (χ1) is 7.76. The highest BCUT2D eigenvalue weighted by Crippen LogP contribution is 1.98. The Bertz CT molecular complexity index is 268. The number of nitrogens with zero attached hydrogens (tertiary/aromatic N) is 1. The molecule has 0 rings (SSSR count). The van der Waals surface area contributed by atoms with E-state index in [1.54, 1.807) is 13.0 Å². The highest BCUT2D eigenvalue weighted by atomic mass is 16.5. The first-order valence-corrected chi connectivity index (χ1v) is 5.23. The molecule has 0 radical (unpaired) electrons. The second-order valence-electron chi connectivity index (χ2n) is 2.79. The summed E-state index contributed by atoms with van der Waals surface area (Å²) in [6.07, 6.45) is 1.73. The Hall–Kier alpha value is -1.54. The van der Waals surface area contributed by atoms with Gasteiger partial charge in [0.15, 0.2) is 5.57 Å². The van der Waals surface area contributed by atoms with E-state index in [-0.39, 0.29) is 12.2 Å². The summed E-state index contributed by atoms with van der Waals surface area (Å²) >= 11 is 0. The van der Waals surface area contributed by atoms with Crippen LogP contribution in [0.25, 0.3) is 0 Å². The van der Waals surface area contributed by atoms with Crippen molar-refractivity contribution in [3.63, 3.8) is 0 Å². The second-order valence-corrected chi connectivity index (χ2v) is 2.79. The van der Waals surface area contributed by atoms with Crippen LogP contribution >= 0.6 is 0 Å². The topological polar surface area (TPSA) is 68.5 Å². The van der Waals surface area contributed by atoms with Crippen LogP contribution in [0.4, 0.5) is 0 Å². The molecule has 90 valence electrons.